The van der Waals surface area contributed by atoms with Crippen LogP contribution in [0.15, 0.2) is 0 Å². The summed E-state index contributed by atoms with van der Waals surface area (Å²) >= 11 is 0. The molecule has 18 heavy (non-hydrogen) atoms. The molecule has 0 aromatic carbocycles. The SMILES string of the molecule is Cc1nnc(N(CCO)C2CC2)c(C(=N)N)c1C. The lowest BCUT2D eigenvalue weighted by atomic mass is 10.1. The molecular weight excluding hydrogens is 230 g/mol. The van der Waals surface area contributed by atoms with E-state index in [1.807, 2.05) is 18.7 Å². The van der Waals surface area contributed by atoms with Gasteiger partial charge in [-0.2, -0.15) is 5.10 Å². The molecule has 0 bridgehead atoms. The van der Waals surface area contributed by atoms with Crippen LogP contribution in [0.1, 0.15) is 29.7 Å². The van der Waals surface area contributed by atoms with Crippen molar-refractivity contribution in [1.29, 1.82) is 5.41 Å². The fourth-order valence-electron chi connectivity index (χ4n) is 2.07. The maximum atomic E-state index is 9.15. The van der Waals surface area contributed by atoms with Gasteiger partial charge in [0, 0.05) is 12.6 Å². The second-order valence-electron chi connectivity index (χ2n) is 4.67. The second-order valence-corrected chi connectivity index (χ2v) is 4.67. The Labute approximate surface area is 106 Å². The molecule has 1 aliphatic carbocycles. The summed E-state index contributed by atoms with van der Waals surface area (Å²) in [6.45, 7) is 4.31. The van der Waals surface area contributed by atoms with Gasteiger partial charge in [-0.25, -0.2) is 0 Å². The fraction of sp³-hybridized carbons (Fsp3) is 0.583. The molecule has 0 aliphatic heterocycles. The standard InChI is InChI=1S/C12H19N5O/c1-7-8(2)15-16-12(10(7)11(13)14)17(5-6-18)9-3-4-9/h9,18H,3-6H2,1-2H3,(H3,13,14). The van der Waals surface area contributed by atoms with Crippen molar-refractivity contribution in [2.24, 2.45) is 5.73 Å². The summed E-state index contributed by atoms with van der Waals surface area (Å²) in [5.74, 6) is 0.631. The van der Waals surface area contributed by atoms with Gasteiger partial charge in [0.2, 0.25) is 0 Å². The number of hydrogen-bond donors (Lipinski definition) is 3. The molecule has 1 aliphatic rings. The minimum atomic E-state index is 0.00379. The van der Waals surface area contributed by atoms with E-state index in [1.165, 1.54) is 0 Å². The van der Waals surface area contributed by atoms with E-state index in [1.54, 1.807) is 0 Å². The summed E-state index contributed by atoms with van der Waals surface area (Å²) in [7, 11) is 0. The number of aliphatic hydroxyl groups is 1. The van der Waals surface area contributed by atoms with Crippen molar-refractivity contribution in [1.82, 2.24) is 10.2 Å². The Hall–Kier alpha value is -1.69. The number of aryl methyl sites for hydroxylation is 1. The van der Waals surface area contributed by atoms with Crippen molar-refractivity contribution in [2.75, 3.05) is 18.1 Å². The van der Waals surface area contributed by atoms with Gasteiger partial charge >= 0.3 is 0 Å². The fourth-order valence-corrected chi connectivity index (χ4v) is 2.07. The number of hydrogen-bond acceptors (Lipinski definition) is 5. The molecule has 0 atom stereocenters. The van der Waals surface area contributed by atoms with Crippen LogP contribution in [0.5, 0.6) is 0 Å². The van der Waals surface area contributed by atoms with Gasteiger partial charge in [-0.05, 0) is 32.3 Å². The van der Waals surface area contributed by atoms with Gasteiger partial charge in [-0.1, -0.05) is 0 Å². The Morgan fingerprint density at radius 1 is 1.44 bits per heavy atom. The van der Waals surface area contributed by atoms with Crippen molar-refractivity contribution in [3.8, 4) is 0 Å². The molecule has 4 N–H and O–H groups in total. The highest BCUT2D eigenvalue weighted by Gasteiger charge is 2.32. The first kappa shape index (κ1) is 12.8. The average Bonchev–Trinajstić information content (AvgIpc) is 3.13. The monoisotopic (exact) mass is 249 g/mol. The zero-order chi connectivity index (χ0) is 13.3. The van der Waals surface area contributed by atoms with Gasteiger partial charge in [0.15, 0.2) is 5.82 Å². The van der Waals surface area contributed by atoms with Crippen LogP contribution < -0.4 is 10.6 Å². The molecule has 1 heterocycles. The van der Waals surface area contributed by atoms with E-state index in [0.29, 0.717) is 24.0 Å². The number of nitrogens with two attached hydrogens (primary N) is 1. The molecule has 1 aromatic rings. The smallest absolute Gasteiger partial charge is 0.162 e. The maximum absolute atomic E-state index is 9.15. The number of aliphatic hydroxyl groups excluding tert-OH is 1. The van der Waals surface area contributed by atoms with Crippen LogP contribution in [0.3, 0.4) is 0 Å². The van der Waals surface area contributed by atoms with Crippen molar-refractivity contribution < 1.29 is 5.11 Å². The summed E-state index contributed by atoms with van der Waals surface area (Å²) < 4.78 is 0. The highest BCUT2D eigenvalue weighted by atomic mass is 16.3. The molecule has 1 saturated carbocycles. The summed E-state index contributed by atoms with van der Waals surface area (Å²) in [6, 6.07) is 0.395. The van der Waals surface area contributed by atoms with Crippen molar-refractivity contribution in [3.63, 3.8) is 0 Å². The zero-order valence-electron chi connectivity index (χ0n) is 10.8. The largest absolute Gasteiger partial charge is 0.395 e. The normalized spacial score (nSPS) is 14.6. The Balaban J connectivity index is 2.47. The van der Waals surface area contributed by atoms with Gasteiger partial charge in [-0.15, -0.1) is 5.10 Å². The van der Waals surface area contributed by atoms with Gasteiger partial charge in [-0.3, -0.25) is 5.41 Å². The summed E-state index contributed by atoms with van der Waals surface area (Å²) in [6.07, 6.45) is 2.18. The summed E-state index contributed by atoms with van der Waals surface area (Å²) in [5.41, 5.74) is 7.97. The van der Waals surface area contributed by atoms with Crippen LogP contribution in [-0.2, 0) is 0 Å². The molecule has 0 saturated heterocycles. The molecule has 2 rings (SSSR count). The van der Waals surface area contributed by atoms with Crippen molar-refractivity contribution in [2.45, 2.75) is 32.7 Å². The molecule has 0 unspecified atom stereocenters. The van der Waals surface area contributed by atoms with E-state index in [0.717, 1.165) is 24.1 Å². The third-order valence-corrected chi connectivity index (χ3v) is 3.31. The molecule has 6 heteroatoms. The zero-order valence-corrected chi connectivity index (χ0v) is 10.8. The number of amidine groups is 1. The van der Waals surface area contributed by atoms with E-state index in [2.05, 4.69) is 10.2 Å². The van der Waals surface area contributed by atoms with Crippen LogP contribution in [0, 0.1) is 19.3 Å². The minimum Gasteiger partial charge on any atom is -0.395 e. The van der Waals surface area contributed by atoms with Gasteiger partial charge in [0.05, 0.1) is 17.9 Å². The van der Waals surface area contributed by atoms with E-state index < -0.39 is 0 Å². The highest BCUT2D eigenvalue weighted by Crippen LogP contribution is 2.32. The number of aromatic nitrogens is 2. The van der Waals surface area contributed by atoms with Gasteiger partial charge in [0.25, 0.3) is 0 Å². The Kier molecular flexibility index (Phi) is 3.47. The minimum absolute atomic E-state index is 0.00379. The lowest BCUT2D eigenvalue weighted by Crippen LogP contribution is -2.33. The maximum Gasteiger partial charge on any atom is 0.162 e. The number of anilines is 1. The van der Waals surface area contributed by atoms with Crippen LogP contribution in [0.25, 0.3) is 0 Å². The lowest BCUT2D eigenvalue weighted by molar-refractivity contribution is 0.301. The van der Waals surface area contributed by atoms with Crippen LogP contribution in [0.2, 0.25) is 0 Å². The predicted octanol–water partition coefficient (Wildman–Crippen LogP) is 0.339. The topological polar surface area (TPSA) is 99.1 Å². The van der Waals surface area contributed by atoms with Crippen LogP contribution in [0.4, 0.5) is 5.82 Å². The summed E-state index contributed by atoms with van der Waals surface area (Å²) in [4.78, 5) is 2.01. The van der Waals surface area contributed by atoms with E-state index >= 15 is 0 Å². The molecule has 6 nitrogen and oxygen atoms in total. The Morgan fingerprint density at radius 3 is 2.61 bits per heavy atom. The van der Waals surface area contributed by atoms with E-state index in [-0.39, 0.29) is 12.4 Å². The Bertz CT molecular complexity index is 470. The van der Waals surface area contributed by atoms with Crippen LogP contribution >= 0.6 is 0 Å². The Morgan fingerprint density at radius 2 is 2.11 bits per heavy atom. The first-order chi connectivity index (χ1) is 8.56. The van der Waals surface area contributed by atoms with Crippen LogP contribution in [-0.4, -0.2) is 40.3 Å². The highest BCUT2D eigenvalue weighted by molar-refractivity contribution is 6.01. The van der Waals surface area contributed by atoms with Crippen molar-refractivity contribution >= 4 is 11.7 Å². The average molecular weight is 249 g/mol. The quantitative estimate of drug-likeness (QED) is 0.516. The van der Waals surface area contributed by atoms with E-state index in [9.17, 15) is 0 Å². The molecule has 0 radical (unpaired) electrons. The van der Waals surface area contributed by atoms with Crippen molar-refractivity contribution in [3.05, 3.63) is 16.8 Å². The van der Waals surface area contributed by atoms with Gasteiger partial charge < -0.3 is 15.7 Å². The van der Waals surface area contributed by atoms with Gasteiger partial charge in [0.1, 0.15) is 5.84 Å². The third-order valence-electron chi connectivity index (χ3n) is 3.31. The number of rotatable bonds is 5. The third kappa shape index (κ3) is 2.28. The van der Waals surface area contributed by atoms with E-state index in [4.69, 9.17) is 16.2 Å². The number of nitrogen functional groups attached to an aromatic ring is 1. The molecule has 0 amide bonds. The first-order valence-electron chi connectivity index (χ1n) is 6.12. The summed E-state index contributed by atoms with van der Waals surface area (Å²) in [5, 5.41) is 25.2. The number of nitrogens with zero attached hydrogens (tertiary/aromatic N) is 3. The lowest BCUT2D eigenvalue weighted by Gasteiger charge is -2.25. The molecular formula is C12H19N5O. The predicted molar refractivity (Wildman–Crippen MR) is 70.0 cm³/mol. The first-order valence-corrected chi connectivity index (χ1v) is 6.12. The second kappa shape index (κ2) is 4.89. The molecule has 0 spiro atoms. The number of nitrogens with one attached hydrogen (secondary N) is 1. The molecule has 1 fully saturated rings. The molecule has 1 aromatic heterocycles. The molecule has 98 valence electrons.